The number of amides is 1. The lowest BCUT2D eigenvalue weighted by atomic mass is 10.1. The van der Waals surface area contributed by atoms with Gasteiger partial charge in [0.05, 0.1) is 39.8 Å². The summed E-state index contributed by atoms with van der Waals surface area (Å²) in [5, 5.41) is 13.1. The van der Waals surface area contributed by atoms with Crippen molar-refractivity contribution in [2.75, 3.05) is 39.5 Å². The molecule has 8 heteroatoms. The van der Waals surface area contributed by atoms with E-state index in [1.165, 1.54) is 13.2 Å². The zero-order valence-corrected chi connectivity index (χ0v) is 20.0. The standard InChI is InChI=1S/C27H28N2O6/c1-32-23-14-18(7-10-20(23)28)9-12-26(31)29-21-11-8-17(13-22(21)30)5-6-19-15-24(33-2)27(35-4)25(16-19)34-3/h5-16,30H,28H2,1-4H3,(H,29,31)/b6-5?,12-9+. The minimum atomic E-state index is -0.392. The van der Waals surface area contributed by atoms with E-state index in [0.717, 1.165) is 16.7 Å². The molecule has 0 spiro atoms. The van der Waals surface area contributed by atoms with E-state index in [2.05, 4.69) is 5.32 Å². The third-order valence-electron chi connectivity index (χ3n) is 5.12. The van der Waals surface area contributed by atoms with Crippen molar-refractivity contribution in [3.05, 3.63) is 71.3 Å². The fraction of sp³-hybridized carbons (Fsp3) is 0.148. The molecule has 0 aliphatic carbocycles. The second-order valence-corrected chi connectivity index (χ2v) is 7.39. The van der Waals surface area contributed by atoms with Gasteiger partial charge < -0.3 is 35.1 Å². The average molecular weight is 477 g/mol. The Morgan fingerprint density at radius 3 is 1.94 bits per heavy atom. The van der Waals surface area contributed by atoms with Crippen molar-refractivity contribution in [2.24, 2.45) is 0 Å². The SMILES string of the molecule is COc1cc(/C=C/C(=O)Nc2ccc(C=Cc3cc(OC)c(OC)c(OC)c3)cc2O)ccc1N. The van der Waals surface area contributed by atoms with Crippen LogP contribution in [0.25, 0.3) is 18.2 Å². The second kappa shape index (κ2) is 11.5. The van der Waals surface area contributed by atoms with Gasteiger partial charge in [-0.1, -0.05) is 24.3 Å². The van der Waals surface area contributed by atoms with E-state index in [4.69, 9.17) is 24.7 Å². The van der Waals surface area contributed by atoms with E-state index in [1.807, 2.05) is 24.3 Å². The lowest BCUT2D eigenvalue weighted by Gasteiger charge is -2.12. The highest BCUT2D eigenvalue weighted by atomic mass is 16.5. The second-order valence-electron chi connectivity index (χ2n) is 7.39. The molecule has 0 bridgehead atoms. The van der Waals surface area contributed by atoms with Crippen LogP contribution in [0.2, 0.25) is 0 Å². The Balaban J connectivity index is 1.71. The summed E-state index contributed by atoms with van der Waals surface area (Å²) in [7, 11) is 6.18. The minimum Gasteiger partial charge on any atom is -0.506 e. The number of methoxy groups -OCH3 is 4. The summed E-state index contributed by atoms with van der Waals surface area (Å²) in [5.74, 6) is 1.66. The number of phenols is 1. The first-order valence-corrected chi connectivity index (χ1v) is 10.6. The molecule has 3 aromatic rings. The maximum absolute atomic E-state index is 12.3. The maximum Gasteiger partial charge on any atom is 0.248 e. The summed E-state index contributed by atoms with van der Waals surface area (Å²) in [4.78, 5) is 12.3. The number of rotatable bonds is 9. The predicted octanol–water partition coefficient (Wildman–Crippen LogP) is 4.83. The smallest absolute Gasteiger partial charge is 0.248 e. The summed E-state index contributed by atoms with van der Waals surface area (Å²) in [6, 6.07) is 13.8. The highest BCUT2D eigenvalue weighted by Gasteiger charge is 2.12. The molecule has 0 atom stereocenters. The van der Waals surface area contributed by atoms with Gasteiger partial charge in [-0.3, -0.25) is 4.79 Å². The van der Waals surface area contributed by atoms with Crippen molar-refractivity contribution in [2.45, 2.75) is 0 Å². The van der Waals surface area contributed by atoms with Crippen molar-refractivity contribution in [1.29, 1.82) is 0 Å². The van der Waals surface area contributed by atoms with E-state index < -0.39 is 5.91 Å². The number of aromatic hydroxyl groups is 1. The Morgan fingerprint density at radius 1 is 0.771 bits per heavy atom. The monoisotopic (exact) mass is 476 g/mol. The van der Waals surface area contributed by atoms with Crippen molar-refractivity contribution in [3.8, 4) is 28.7 Å². The molecule has 0 heterocycles. The molecule has 0 aliphatic heterocycles. The van der Waals surface area contributed by atoms with Crippen molar-refractivity contribution in [1.82, 2.24) is 0 Å². The predicted molar refractivity (Wildman–Crippen MR) is 138 cm³/mol. The van der Waals surface area contributed by atoms with Gasteiger partial charge in [-0.2, -0.15) is 0 Å². The number of carbonyl (C=O) groups excluding carboxylic acids is 1. The zero-order valence-electron chi connectivity index (χ0n) is 20.0. The van der Waals surface area contributed by atoms with Crippen LogP contribution in [0.15, 0.2) is 54.6 Å². The molecule has 3 rings (SSSR count). The number of benzene rings is 3. The molecule has 1 amide bonds. The normalized spacial score (nSPS) is 11.0. The van der Waals surface area contributed by atoms with Gasteiger partial charge in [0.2, 0.25) is 11.7 Å². The van der Waals surface area contributed by atoms with Gasteiger partial charge in [0.25, 0.3) is 0 Å². The number of phenolic OH excluding ortho intramolecular Hbond substituents is 1. The molecule has 0 saturated carbocycles. The molecular formula is C27H28N2O6. The number of hydrogen-bond donors (Lipinski definition) is 3. The Hall–Kier alpha value is -4.59. The molecule has 35 heavy (non-hydrogen) atoms. The maximum atomic E-state index is 12.3. The van der Waals surface area contributed by atoms with Crippen LogP contribution in [-0.4, -0.2) is 39.5 Å². The van der Waals surface area contributed by atoms with Crippen molar-refractivity contribution in [3.63, 3.8) is 0 Å². The largest absolute Gasteiger partial charge is 0.506 e. The Morgan fingerprint density at radius 2 is 1.34 bits per heavy atom. The summed E-state index contributed by atoms with van der Waals surface area (Å²) in [6.45, 7) is 0. The molecule has 0 aromatic heterocycles. The number of nitrogens with one attached hydrogen (secondary N) is 1. The molecule has 0 unspecified atom stereocenters. The third kappa shape index (κ3) is 6.26. The van der Waals surface area contributed by atoms with E-state index in [1.54, 1.807) is 63.8 Å². The molecule has 8 nitrogen and oxygen atoms in total. The van der Waals surface area contributed by atoms with Crippen LogP contribution >= 0.6 is 0 Å². The fourth-order valence-corrected chi connectivity index (χ4v) is 3.33. The zero-order chi connectivity index (χ0) is 25.4. The lowest BCUT2D eigenvalue weighted by Crippen LogP contribution is -2.07. The molecule has 0 aliphatic rings. The van der Waals surface area contributed by atoms with E-state index in [9.17, 15) is 9.90 Å². The van der Waals surface area contributed by atoms with Gasteiger partial charge in [0, 0.05) is 6.08 Å². The third-order valence-corrected chi connectivity index (χ3v) is 5.12. The number of nitrogen functional groups attached to an aromatic ring is 1. The van der Waals surface area contributed by atoms with Crippen LogP contribution < -0.4 is 30.0 Å². The lowest BCUT2D eigenvalue weighted by molar-refractivity contribution is -0.111. The Labute approximate surface area is 204 Å². The van der Waals surface area contributed by atoms with E-state index >= 15 is 0 Å². The molecule has 182 valence electrons. The first kappa shape index (κ1) is 25.0. The summed E-state index contributed by atoms with van der Waals surface area (Å²) in [5.41, 5.74) is 8.91. The molecule has 0 radical (unpaired) electrons. The highest BCUT2D eigenvalue weighted by Crippen LogP contribution is 2.38. The molecule has 4 N–H and O–H groups in total. The average Bonchev–Trinajstić information content (AvgIpc) is 2.87. The van der Waals surface area contributed by atoms with Crippen LogP contribution in [0.1, 0.15) is 16.7 Å². The summed E-state index contributed by atoms with van der Waals surface area (Å²) < 4.78 is 21.3. The van der Waals surface area contributed by atoms with Gasteiger partial charge in [-0.05, 0) is 59.2 Å². The number of anilines is 2. The number of carbonyl (C=O) groups is 1. The number of ether oxygens (including phenoxy) is 4. The topological polar surface area (TPSA) is 112 Å². The molecule has 3 aromatic carbocycles. The first-order chi connectivity index (χ1) is 16.9. The van der Waals surface area contributed by atoms with Crippen LogP contribution in [0.5, 0.6) is 28.7 Å². The van der Waals surface area contributed by atoms with Gasteiger partial charge in [0.1, 0.15) is 11.5 Å². The van der Waals surface area contributed by atoms with Gasteiger partial charge in [-0.25, -0.2) is 0 Å². The minimum absolute atomic E-state index is 0.0621. The van der Waals surface area contributed by atoms with Crippen LogP contribution in [0, 0.1) is 0 Å². The van der Waals surface area contributed by atoms with Crippen LogP contribution in [0.3, 0.4) is 0 Å². The van der Waals surface area contributed by atoms with Crippen molar-refractivity contribution >= 4 is 35.5 Å². The first-order valence-electron chi connectivity index (χ1n) is 10.6. The molecular weight excluding hydrogens is 448 g/mol. The Bertz CT molecular complexity index is 1240. The Kier molecular flexibility index (Phi) is 8.24. The molecule has 0 fully saturated rings. The highest BCUT2D eigenvalue weighted by molar-refractivity contribution is 6.02. The van der Waals surface area contributed by atoms with E-state index in [0.29, 0.717) is 34.4 Å². The van der Waals surface area contributed by atoms with Gasteiger partial charge in [0.15, 0.2) is 11.5 Å². The number of hydrogen-bond acceptors (Lipinski definition) is 7. The summed E-state index contributed by atoms with van der Waals surface area (Å²) in [6.07, 6.45) is 6.66. The quantitative estimate of drug-likeness (QED) is 0.175. The fourth-order valence-electron chi connectivity index (χ4n) is 3.33. The number of nitrogens with two attached hydrogens (primary N) is 1. The summed E-state index contributed by atoms with van der Waals surface area (Å²) >= 11 is 0. The van der Waals surface area contributed by atoms with Gasteiger partial charge in [-0.15, -0.1) is 0 Å². The van der Waals surface area contributed by atoms with Crippen molar-refractivity contribution < 1.29 is 28.8 Å². The van der Waals surface area contributed by atoms with Crippen LogP contribution in [-0.2, 0) is 4.79 Å². The molecule has 0 saturated heterocycles. The van der Waals surface area contributed by atoms with Crippen LogP contribution in [0.4, 0.5) is 11.4 Å². The van der Waals surface area contributed by atoms with Gasteiger partial charge >= 0.3 is 0 Å². The van der Waals surface area contributed by atoms with E-state index in [-0.39, 0.29) is 5.75 Å².